The maximum absolute atomic E-state index is 4.57. The number of nitrogens with zero attached hydrogens (tertiary/aromatic N) is 2. The molecule has 1 saturated carbocycles. The first kappa shape index (κ1) is 11.3. The molecule has 1 N–H and O–H groups in total. The highest BCUT2D eigenvalue weighted by Crippen LogP contribution is 2.35. The van der Waals surface area contributed by atoms with Crippen molar-refractivity contribution >= 4 is 0 Å². The molecule has 1 aromatic heterocycles. The zero-order valence-corrected chi connectivity index (χ0v) is 10.8. The summed E-state index contributed by atoms with van der Waals surface area (Å²) < 4.78 is 2.49. The van der Waals surface area contributed by atoms with Gasteiger partial charge in [-0.2, -0.15) is 0 Å². The van der Waals surface area contributed by atoms with Crippen LogP contribution in [-0.4, -0.2) is 16.1 Å². The van der Waals surface area contributed by atoms with E-state index >= 15 is 0 Å². The van der Waals surface area contributed by atoms with Crippen molar-refractivity contribution in [3.63, 3.8) is 0 Å². The molecule has 1 aliphatic heterocycles. The highest BCUT2D eigenvalue weighted by molar-refractivity contribution is 5.17. The molecule has 0 saturated heterocycles. The van der Waals surface area contributed by atoms with Gasteiger partial charge < -0.3 is 9.88 Å². The monoisotopic (exact) mass is 233 g/mol. The number of aromatic nitrogens is 2. The van der Waals surface area contributed by atoms with Gasteiger partial charge in [-0.05, 0) is 31.6 Å². The Morgan fingerprint density at radius 1 is 1.35 bits per heavy atom. The van der Waals surface area contributed by atoms with E-state index < -0.39 is 0 Å². The molecule has 3 rings (SSSR count). The summed E-state index contributed by atoms with van der Waals surface area (Å²) in [5.41, 5.74) is 2.79. The molecule has 2 aliphatic rings. The fourth-order valence-corrected chi connectivity index (χ4v) is 3.41. The molecular weight excluding hydrogens is 210 g/mol. The first-order valence-corrected chi connectivity index (χ1v) is 7.13. The molecule has 17 heavy (non-hydrogen) atoms. The zero-order chi connectivity index (χ0) is 11.7. The van der Waals surface area contributed by atoms with Crippen LogP contribution in [0, 0.1) is 5.92 Å². The van der Waals surface area contributed by atoms with E-state index in [-0.39, 0.29) is 0 Å². The molecule has 3 nitrogen and oxygen atoms in total. The topological polar surface area (TPSA) is 29.9 Å². The number of fused-ring (bicyclic) bond motifs is 1. The predicted octanol–water partition coefficient (Wildman–Crippen LogP) is 2.67. The number of hydrogen-bond donors (Lipinski definition) is 1. The van der Waals surface area contributed by atoms with Crippen LogP contribution in [0.2, 0.25) is 0 Å². The average Bonchev–Trinajstić information content (AvgIpc) is 2.83. The van der Waals surface area contributed by atoms with Crippen LogP contribution in [0.15, 0.2) is 6.33 Å². The van der Waals surface area contributed by atoms with Crippen molar-refractivity contribution in [2.75, 3.05) is 6.54 Å². The molecule has 3 heteroatoms. The van der Waals surface area contributed by atoms with Gasteiger partial charge in [0, 0.05) is 31.2 Å². The maximum Gasteiger partial charge on any atom is 0.0954 e. The molecule has 1 aromatic rings. The Morgan fingerprint density at radius 3 is 2.94 bits per heavy atom. The third kappa shape index (κ3) is 2.13. The van der Waals surface area contributed by atoms with E-state index in [1.165, 1.54) is 43.5 Å². The summed E-state index contributed by atoms with van der Waals surface area (Å²) in [5.74, 6) is 0.979. The van der Waals surface area contributed by atoms with E-state index in [0.717, 1.165) is 31.5 Å². The van der Waals surface area contributed by atoms with Gasteiger partial charge in [0.15, 0.2) is 0 Å². The van der Waals surface area contributed by atoms with Crippen LogP contribution in [0.3, 0.4) is 0 Å². The summed E-state index contributed by atoms with van der Waals surface area (Å²) in [4.78, 5) is 4.57. The second-order valence-electron chi connectivity index (χ2n) is 5.55. The molecule has 2 heterocycles. The Kier molecular flexibility index (Phi) is 3.19. The van der Waals surface area contributed by atoms with Crippen LogP contribution in [-0.2, 0) is 13.0 Å². The van der Waals surface area contributed by atoms with E-state index in [0.29, 0.717) is 0 Å². The Labute approximate surface area is 104 Å². The minimum absolute atomic E-state index is 0.729. The molecule has 0 aromatic carbocycles. The molecule has 1 fully saturated rings. The fraction of sp³-hybridized carbons (Fsp3) is 0.786. The highest BCUT2D eigenvalue weighted by atomic mass is 15.1. The van der Waals surface area contributed by atoms with Gasteiger partial charge in [-0.1, -0.05) is 13.3 Å². The molecule has 94 valence electrons. The predicted molar refractivity (Wildman–Crippen MR) is 68.9 cm³/mol. The van der Waals surface area contributed by atoms with Crippen molar-refractivity contribution < 1.29 is 0 Å². The molecular formula is C14H23N3. The number of hydrogen-bond acceptors (Lipinski definition) is 2. The molecule has 0 spiro atoms. The first-order chi connectivity index (χ1) is 8.38. The Morgan fingerprint density at radius 2 is 2.18 bits per heavy atom. The quantitative estimate of drug-likeness (QED) is 0.851. The van der Waals surface area contributed by atoms with Crippen LogP contribution in [0.1, 0.15) is 56.5 Å². The standard InChI is InChI=1S/C14H23N3/c1-2-11-3-5-12(6-4-11)17-10-16-13-9-15-8-7-14(13)17/h10-12,15H,2-9H2,1H3. The van der Waals surface area contributed by atoms with E-state index in [4.69, 9.17) is 0 Å². The van der Waals surface area contributed by atoms with Crippen molar-refractivity contribution in [1.82, 2.24) is 14.9 Å². The first-order valence-electron chi connectivity index (χ1n) is 7.13. The van der Waals surface area contributed by atoms with Crippen LogP contribution in [0.4, 0.5) is 0 Å². The third-order valence-electron chi connectivity index (χ3n) is 4.60. The van der Waals surface area contributed by atoms with Crippen LogP contribution >= 0.6 is 0 Å². The molecule has 0 unspecified atom stereocenters. The van der Waals surface area contributed by atoms with Crippen LogP contribution < -0.4 is 5.32 Å². The lowest BCUT2D eigenvalue weighted by molar-refractivity contribution is 0.265. The minimum atomic E-state index is 0.729. The third-order valence-corrected chi connectivity index (χ3v) is 4.60. The molecule has 0 amide bonds. The summed E-state index contributed by atoms with van der Waals surface area (Å²) in [6, 6.07) is 0.729. The van der Waals surface area contributed by atoms with Gasteiger partial charge >= 0.3 is 0 Å². The van der Waals surface area contributed by atoms with Crippen LogP contribution in [0.5, 0.6) is 0 Å². The maximum atomic E-state index is 4.57. The Bertz CT molecular complexity index is 375. The molecule has 0 bridgehead atoms. The number of imidazole rings is 1. The van der Waals surface area contributed by atoms with Gasteiger partial charge in [0.25, 0.3) is 0 Å². The van der Waals surface area contributed by atoms with E-state index in [9.17, 15) is 0 Å². The van der Waals surface area contributed by atoms with Crippen molar-refractivity contribution in [3.8, 4) is 0 Å². The largest absolute Gasteiger partial charge is 0.331 e. The van der Waals surface area contributed by atoms with Gasteiger partial charge in [-0.3, -0.25) is 0 Å². The smallest absolute Gasteiger partial charge is 0.0954 e. The fourth-order valence-electron chi connectivity index (χ4n) is 3.41. The highest BCUT2D eigenvalue weighted by Gasteiger charge is 2.24. The average molecular weight is 233 g/mol. The summed E-state index contributed by atoms with van der Waals surface area (Å²) in [7, 11) is 0. The molecule has 0 atom stereocenters. The van der Waals surface area contributed by atoms with E-state index in [1.54, 1.807) is 0 Å². The van der Waals surface area contributed by atoms with Gasteiger partial charge in [0.2, 0.25) is 0 Å². The Hall–Kier alpha value is -0.830. The second kappa shape index (κ2) is 4.81. The SMILES string of the molecule is CCC1CCC(n2cnc3c2CCNC3)CC1. The zero-order valence-electron chi connectivity index (χ0n) is 10.8. The second-order valence-corrected chi connectivity index (χ2v) is 5.55. The van der Waals surface area contributed by atoms with Gasteiger partial charge in [-0.15, -0.1) is 0 Å². The van der Waals surface area contributed by atoms with Crippen LogP contribution in [0.25, 0.3) is 0 Å². The Balaban J connectivity index is 1.74. The van der Waals surface area contributed by atoms with Crippen molar-refractivity contribution in [3.05, 3.63) is 17.7 Å². The van der Waals surface area contributed by atoms with E-state index in [1.807, 2.05) is 0 Å². The lowest BCUT2D eigenvalue weighted by Crippen LogP contribution is -2.27. The minimum Gasteiger partial charge on any atom is -0.331 e. The lowest BCUT2D eigenvalue weighted by atomic mass is 9.84. The summed E-state index contributed by atoms with van der Waals surface area (Å²) in [6.45, 7) is 4.41. The lowest BCUT2D eigenvalue weighted by Gasteiger charge is -2.30. The molecule has 1 aliphatic carbocycles. The summed E-state index contributed by atoms with van der Waals surface area (Å²) in [6.07, 6.45) is 10.1. The van der Waals surface area contributed by atoms with E-state index in [2.05, 4.69) is 28.1 Å². The van der Waals surface area contributed by atoms with Crippen molar-refractivity contribution in [2.24, 2.45) is 5.92 Å². The van der Waals surface area contributed by atoms with Gasteiger partial charge in [-0.25, -0.2) is 4.98 Å². The van der Waals surface area contributed by atoms with Gasteiger partial charge in [0.05, 0.1) is 12.0 Å². The summed E-state index contributed by atoms with van der Waals surface area (Å²) in [5, 5.41) is 3.40. The van der Waals surface area contributed by atoms with Crippen molar-refractivity contribution in [1.29, 1.82) is 0 Å². The summed E-state index contributed by atoms with van der Waals surface area (Å²) >= 11 is 0. The molecule has 0 radical (unpaired) electrons. The number of nitrogens with one attached hydrogen (secondary N) is 1. The van der Waals surface area contributed by atoms with Gasteiger partial charge in [0.1, 0.15) is 0 Å². The normalized spacial score (nSPS) is 29.0. The number of rotatable bonds is 2. The van der Waals surface area contributed by atoms with Crippen molar-refractivity contribution in [2.45, 2.75) is 58.0 Å².